The van der Waals surface area contributed by atoms with E-state index < -0.39 is 0 Å². The molecule has 0 spiro atoms. The molecule has 2 N–H and O–H groups in total. The van der Waals surface area contributed by atoms with Crippen molar-refractivity contribution in [2.45, 2.75) is 39.3 Å². The van der Waals surface area contributed by atoms with E-state index in [9.17, 15) is 0 Å². The maximum atomic E-state index is 4.64. The van der Waals surface area contributed by atoms with Gasteiger partial charge in [0.15, 0.2) is 5.96 Å². The van der Waals surface area contributed by atoms with Crippen molar-refractivity contribution in [3.8, 4) is 0 Å². The molecule has 0 unspecified atom stereocenters. The van der Waals surface area contributed by atoms with Crippen molar-refractivity contribution in [1.82, 2.24) is 20.5 Å². The topological polar surface area (TPSA) is 52.6 Å². The van der Waals surface area contributed by atoms with Crippen LogP contribution in [0.4, 0.5) is 0 Å². The zero-order chi connectivity index (χ0) is 18.8. The van der Waals surface area contributed by atoms with E-state index in [1.165, 1.54) is 5.56 Å². The molecule has 0 aliphatic heterocycles. The first-order chi connectivity index (χ1) is 12.6. The minimum atomic E-state index is 0.477. The van der Waals surface area contributed by atoms with Gasteiger partial charge < -0.3 is 15.5 Å². The number of rotatable bonds is 9. The molecule has 0 amide bonds. The minimum Gasteiger partial charge on any atom is -0.356 e. The largest absolute Gasteiger partial charge is 0.356 e. The van der Waals surface area contributed by atoms with Crippen LogP contribution in [0.3, 0.4) is 0 Å². The van der Waals surface area contributed by atoms with Crippen LogP contribution in [0.5, 0.6) is 0 Å². The summed E-state index contributed by atoms with van der Waals surface area (Å²) in [6.07, 6.45) is 1.07. The molecule has 142 valence electrons. The van der Waals surface area contributed by atoms with Crippen molar-refractivity contribution >= 4 is 17.3 Å². The molecule has 0 aliphatic carbocycles. The molecule has 0 aliphatic rings. The number of thiazole rings is 1. The summed E-state index contributed by atoms with van der Waals surface area (Å²) in [5, 5.41) is 9.95. The highest BCUT2D eigenvalue weighted by atomic mass is 32.1. The van der Waals surface area contributed by atoms with Crippen LogP contribution in [0.25, 0.3) is 0 Å². The first-order valence-electron chi connectivity index (χ1n) is 9.19. The van der Waals surface area contributed by atoms with E-state index in [4.69, 9.17) is 0 Å². The SMILES string of the molecule is CN=C(NCCCN(C)Cc1ccccc1)NCc1nc(C(C)C)cs1. The Balaban J connectivity index is 1.63. The number of hydrogen-bond acceptors (Lipinski definition) is 4. The summed E-state index contributed by atoms with van der Waals surface area (Å²) in [5.41, 5.74) is 2.51. The Kier molecular flexibility index (Phi) is 8.58. The van der Waals surface area contributed by atoms with E-state index in [1.807, 2.05) is 0 Å². The van der Waals surface area contributed by atoms with Gasteiger partial charge in [0.2, 0.25) is 0 Å². The summed E-state index contributed by atoms with van der Waals surface area (Å²) < 4.78 is 0. The van der Waals surface area contributed by atoms with Gasteiger partial charge in [-0.1, -0.05) is 44.2 Å². The Labute approximate surface area is 161 Å². The molecule has 5 nitrogen and oxygen atoms in total. The molecule has 0 radical (unpaired) electrons. The average molecular weight is 374 g/mol. The number of nitrogens with zero attached hydrogens (tertiary/aromatic N) is 3. The van der Waals surface area contributed by atoms with Crippen LogP contribution in [-0.4, -0.2) is 43.0 Å². The zero-order valence-corrected chi connectivity index (χ0v) is 17.1. The number of hydrogen-bond donors (Lipinski definition) is 2. The lowest BCUT2D eigenvalue weighted by atomic mass is 10.2. The third-order valence-electron chi connectivity index (χ3n) is 4.10. The highest BCUT2D eigenvalue weighted by Crippen LogP contribution is 2.17. The summed E-state index contributed by atoms with van der Waals surface area (Å²) >= 11 is 1.70. The van der Waals surface area contributed by atoms with Gasteiger partial charge in [0.25, 0.3) is 0 Å². The maximum Gasteiger partial charge on any atom is 0.191 e. The van der Waals surface area contributed by atoms with Crippen LogP contribution in [-0.2, 0) is 13.1 Å². The molecule has 6 heteroatoms. The second-order valence-corrected chi connectivity index (χ2v) is 7.69. The average Bonchev–Trinajstić information content (AvgIpc) is 3.11. The summed E-state index contributed by atoms with van der Waals surface area (Å²) in [6, 6.07) is 10.6. The fourth-order valence-corrected chi connectivity index (χ4v) is 3.48. The minimum absolute atomic E-state index is 0.477. The van der Waals surface area contributed by atoms with Crippen molar-refractivity contribution in [1.29, 1.82) is 0 Å². The number of aromatic nitrogens is 1. The van der Waals surface area contributed by atoms with Crippen molar-refractivity contribution < 1.29 is 0 Å². The first-order valence-corrected chi connectivity index (χ1v) is 10.1. The predicted molar refractivity (Wildman–Crippen MR) is 112 cm³/mol. The molecule has 1 aromatic heterocycles. The Morgan fingerprint density at radius 2 is 2.00 bits per heavy atom. The highest BCUT2D eigenvalue weighted by molar-refractivity contribution is 7.09. The van der Waals surface area contributed by atoms with Crippen LogP contribution < -0.4 is 10.6 Å². The zero-order valence-electron chi connectivity index (χ0n) is 16.3. The fourth-order valence-electron chi connectivity index (χ4n) is 2.58. The molecule has 0 saturated heterocycles. The van der Waals surface area contributed by atoms with Crippen molar-refractivity contribution in [2.75, 3.05) is 27.2 Å². The highest BCUT2D eigenvalue weighted by Gasteiger charge is 2.06. The second-order valence-electron chi connectivity index (χ2n) is 6.75. The Bertz CT molecular complexity index is 666. The molecular formula is C20H31N5S. The molecule has 1 aromatic carbocycles. The van der Waals surface area contributed by atoms with Gasteiger partial charge in [-0.05, 0) is 31.5 Å². The monoisotopic (exact) mass is 373 g/mol. The van der Waals surface area contributed by atoms with Gasteiger partial charge >= 0.3 is 0 Å². The van der Waals surface area contributed by atoms with Gasteiger partial charge in [0.05, 0.1) is 12.2 Å². The van der Waals surface area contributed by atoms with Gasteiger partial charge in [0, 0.05) is 25.5 Å². The Morgan fingerprint density at radius 1 is 1.23 bits per heavy atom. The van der Waals surface area contributed by atoms with Gasteiger partial charge in [-0.3, -0.25) is 4.99 Å². The van der Waals surface area contributed by atoms with Crippen molar-refractivity contribution in [2.24, 2.45) is 4.99 Å². The molecule has 0 atom stereocenters. The van der Waals surface area contributed by atoms with Crippen LogP contribution in [0, 0.1) is 0 Å². The summed E-state index contributed by atoms with van der Waals surface area (Å²) in [4.78, 5) is 11.3. The van der Waals surface area contributed by atoms with Crippen molar-refractivity contribution in [3.63, 3.8) is 0 Å². The van der Waals surface area contributed by atoms with Crippen LogP contribution >= 0.6 is 11.3 Å². The van der Waals surface area contributed by atoms with E-state index in [1.54, 1.807) is 18.4 Å². The van der Waals surface area contributed by atoms with Crippen LogP contribution in [0.15, 0.2) is 40.7 Å². The molecule has 2 aromatic rings. The van der Waals surface area contributed by atoms with Crippen LogP contribution in [0.1, 0.15) is 42.5 Å². The van der Waals surface area contributed by atoms with E-state index in [2.05, 4.69) is 82.1 Å². The lowest BCUT2D eigenvalue weighted by Gasteiger charge is -2.17. The summed E-state index contributed by atoms with van der Waals surface area (Å²) in [5.74, 6) is 1.31. The Hall–Kier alpha value is -1.92. The Morgan fingerprint density at radius 3 is 2.65 bits per heavy atom. The molecule has 2 rings (SSSR count). The summed E-state index contributed by atoms with van der Waals surface area (Å²) in [6.45, 7) is 7.97. The van der Waals surface area contributed by atoms with Gasteiger partial charge in [0.1, 0.15) is 5.01 Å². The second kappa shape index (κ2) is 10.9. The first kappa shape index (κ1) is 20.4. The lowest BCUT2D eigenvalue weighted by Crippen LogP contribution is -2.38. The smallest absolute Gasteiger partial charge is 0.191 e. The molecule has 0 saturated carbocycles. The third kappa shape index (κ3) is 7.14. The van der Waals surface area contributed by atoms with Crippen LogP contribution in [0.2, 0.25) is 0 Å². The quantitative estimate of drug-likeness (QED) is 0.402. The number of nitrogens with one attached hydrogen (secondary N) is 2. The van der Waals surface area contributed by atoms with E-state index in [0.29, 0.717) is 12.5 Å². The summed E-state index contributed by atoms with van der Waals surface area (Å²) in [7, 11) is 3.97. The molecule has 0 bridgehead atoms. The fraction of sp³-hybridized carbons (Fsp3) is 0.500. The van der Waals surface area contributed by atoms with Gasteiger partial charge in [-0.2, -0.15) is 0 Å². The molecule has 26 heavy (non-hydrogen) atoms. The van der Waals surface area contributed by atoms with Crippen molar-refractivity contribution in [3.05, 3.63) is 52.0 Å². The molecule has 0 fully saturated rings. The van der Waals surface area contributed by atoms with Gasteiger partial charge in [-0.15, -0.1) is 11.3 Å². The van der Waals surface area contributed by atoms with E-state index >= 15 is 0 Å². The lowest BCUT2D eigenvalue weighted by molar-refractivity contribution is 0.322. The standard InChI is InChI=1S/C20H31N5S/c1-16(2)18-15-26-19(24-18)13-23-20(21-3)22-11-8-12-25(4)14-17-9-6-5-7-10-17/h5-7,9-10,15-16H,8,11-14H2,1-4H3,(H2,21,22,23). The third-order valence-corrected chi connectivity index (χ3v) is 4.96. The predicted octanol–water partition coefficient (Wildman–Crippen LogP) is 3.45. The normalized spacial score (nSPS) is 12.0. The van der Waals surface area contributed by atoms with E-state index in [0.717, 1.165) is 42.7 Å². The number of aliphatic imine (C=N–C) groups is 1. The maximum absolute atomic E-state index is 4.64. The molecular weight excluding hydrogens is 342 g/mol. The molecule has 1 heterocycles. The van der Waals surface area contributed by atoms with E-state index in [-0.39, 0.29) is 0 Å². The number of guanidine groups is 1. The number of benzene rings is 1. The van der Waals surface area contributed by atoms with Gasteiger partial charge in [-0.25, -0.2) is 4.98 Å².